The van der Waals surface area contributed by atoms with Crippen molar-refractivity contribution in [1.29, 1.82) is 0 Å². The minimum Gasteiger partial charge on any atom is -0.480 e. The molecular weight excluding hydrogens is 254 g/mol. The fourth-order valence-corrected chi connectivity index (χ4v) is 2.15. The Morgan fingerprint density at radius 2 is 1.75 bits per heavy atom. The molecule has 0 bridgehead atoms. The Morgan fingerprint density at radius 3 is 2.25 bits per heavy atom. The maximum Gasteiger partial charge on any atom is 0.323 e. The first-order valence-corrected chi connectivity index (χ1v) is 7.10. The molecule has 0 spiro atoms. The number of carboxylic acids is 1. The van der Waals surface area contributed by atoms with Gasteiger partial charge in [0.25, 0.3) is 0 Å². The summed E-state index contributed by atoms with van der Waals surface area (Å²) in [4.78, 5) is 24.6. The number of carboxylic acid groups (broad SMARTS) is 1. The Labute approximate surface area is 120 Å². The number of aliphatic carboxylic acids is 1. The molecule has 0 radical (unpaired) electrons. The maximum absolute atomic E-state index is 12.3. The highest BCUT2D eigenvalue weighted by Gasteiger charge is 2.19. The number of benzene rings is 1. The summed E-state index contributed by atoms with van der Waals surface area (Å²) in [7, 11) is 0. The summed E-state index contributed by atoms with van der Waals surface area (Å²) in [5.41, 5.74) is 0.951. The molecule has 4 nitrogen and oxygen atoms in total. The number of nitrogens with zero attached hydrogens (tertiary/aromatic N) is 1. The third kappa shape index (κ3) is 5.43. The predicted molar refractivity (Wildman–Crippen MR) is 78.2 cm³/mol. The van der Waals surface area contributed by atoms with E-state index in [4.69, 9.17) is 5.11 Å². The third-order valence-corrected chi connectivity index (χ3v) is 3.51. The van der Waals surface area contributed by atoms with Gasteiger partial charge in [0, 0.05) is 13.0 Å². The van der Waals surface area contributed by atoms with Crippen molar-refractivity contribution in [1.82, 2.24) is 4.90 Å². The van der Waals surface area contributed by atoms with Crippen LogP contribution in [0.4, 0.5) is 0 Å². The lowest BCUT2D eigenvalue weighted by Gasteiger charge is -2.23. The van der Waals surface area contributed by atoms with Crippen molar-refractivity contribution in [2.75, 3.05) is 6.54 Å². The van der Waals surface area contributed by atoms with Gasteiger partial charge in [0.15, 0.2) is 0 Å². The second-order valence-electron chi connectivity index (χ2n) is 5.02. The van der Waals surface area contributed by atoms with E-state index in [1.807, 2.05) is 30.3 Å². The predicted octanol–water partition coefficient (Wildman–Crippen LogP) is 2.93. The minimum absolute atomic E-state index is 0.0787. The number of carbonyl (C=O) groups excluding carboxylic acids is 1. The lowest BCUT2D eigenvalue weighted by molar-refractivity contribution is -0.145. The minimum atomic E-state index is -0.973. The molecule has 4 heteroatoms. The van der Waals surface area contributed by atoms with Gasteiger partial charge in [0.2, 0.25) is 5.91 Å². The van der Waals surface area contributed by atoms with Gasteiger partial charge in [-0.2, -0.15) is 0 Å². The number of carbonyl (C=O) groups is 2. The van der Waals surface area contributed by atoms with Crippen LogP contribution in [-0.4, -0.2) is 28.4 Å². The summed E-state index contributed by atoms with van der Waals surface area (Å²) in [6.07, 6.45) is 2.30. The molecule has 0 unspecified atom stereocenters. The molecule has 1 amide bonds. The van der Waals surface area contributed by atoms with E-state index < -0.39 is 5.97 Å². The first kappa shape index (κ1) is 16.2. The van der Waals surface area contributed by atoms with Gasteiger partial charge in [-0.1, -0.05) is 57.0 Å². The van der Waals surface area contributed by atoms with Crippen LogP contribution in [0.2, 0.25) is 0 Å². The molecule has 0 fully saturated rings. The lowest BCUT2D eigenvalue weighted by atomic mass is 9.98. The molecule has 1 aromatic rings. The van der Waals surface area contributed by atoms with Crippen molar-refractivity contribution < 1.29 is 14.7 Å². The molecule has 20 heavy (non-hydrogen) atoms. The fourth-order valence-electron chi connectivity index (χ4n) is 2.15. The third-order valence-electron chi connectivity index (χ3n) is 3.51. The van der Waals surface area contributed by atoms with Crippen LogP contribution in [0.1, 0.15) is 38.7 Å². The smallest absolute Gasteiger partial charge is 0.323 e. The van der Waals surface area contributed by atoms with Gasteiger partial charge in [-0.15, -0.1) is 0 Å². The van der Waals surface area contributed by atoms with Crippen LogP contribution in [0.25, 0.3) is 0 Å². The van der Waals surface area contributed by atoms with E-state index in [-0.39, 0.29) is 12.5 Å². The molecule has 0 aliphatic heterocycles. The van der Waals surface area contributed by atoms with E-state index >= 15 is 0 Å². The van der Waals surface area contributed by atoms with Crippen LogP contribution in [0, 0.1) is 5.92 Å². The van der Waals surface area contributed by atoms with Crippen molar-refractivity contribution in [3.8, 4) is 0 Å². The quantitative estimate of drug-likeness (QED) is 0.795. The Kier molecular flexibility index (Phi) is 6.77. The summed E-state index contributed by atoms with van der Waals surface area (Å²) >= 11 is 0. The van der Waals surface area contributed by atoms with Crippen LogP contribution in [-0.2, 0) is 16.1 Å². The molecular formula is C16H23NO3. The lowest BCUT2D eigenvalue weighted by Crippen LogP contribution is -2.36. The van der Waals surface area contributed by atoms with Gasteiger partial charge in [-0.05, 0) is 11.5 Å². The standard InChI is InChI=1S/C16H23NO3/c1-3-13(4-2)10-15(18)17(12-16(19)20)11-14-8-6-5-7-9-14/h5-9,13H,3-4,10-12H2,1-2H3,(H,19,20). The van der Waals surface area contributed by atoms with Gasteiger partial charge in [-0.25, -0.2) is 0 Å². The van der Waals surface area contributed by atoms with Crippen LogP contribution in [0.15, 0.2) is 30.3 Å². The zero-order valence-corrected chi connectivity index (χ0v) is 12.2. The summed E-state index contributed by atoms with van der Waals surface area (Å²) in [6.45, 7) is 4.22. The Morgan fingerprint density at radius 1 is 1.15 bits per heavy atom. The van der Waals surface area contributed by atoms with E-state index in [1.165, 1.54) is 4.90 Å². The number of hydrogen-bond acceptors (Lipinski definition) is 2. The van der Waals surface area contributed by atoms with E-state index in [2.05, 4.69) is 13.8 Å². The van der Waals surface area contributed by atoms with Crippen molar-refractivity contribution in [3.05, 3.63) is 35.9 Å². The summed E-state index contributed by atoms with van der Waals surface area (Å²) in [5, 5.41) is 8.97. The van der Waals surface area contributed by atoms with Crippen LogP contribution in [0.3, 0.4) is 0 Å². The second-order valence-corrected chi connectivity index (χ2v) is 5.02. The zero-order valence-electron chi connectivity index (χ0n) is 12.2. The van der Waals surface area contributed by atoms with Crippen LogP contribution >= 0.6 is 0 Å². The largest absolute Gasteiger partial charge is 0.480 e. The molecule has 1 N–H and O–H groups in total. The molecule has 0 saturated carbocycles. The van der Waals surface area contributed by atoms with Gasteiger partial charge in [0.05, 0.1) is 0 Å². The zero-order chi connectivity index (χ0) is 15.0. The molecule has 0 aliphatic carbocycles. The molecule has 0 aromatic heterocycles. The van der Waals surface area contributed by atoms with Gasteiger partial charge in [0.1, 0.15) is 6.54 Å². The molecule has 0 heterocycles. The fraction of sp³-hybridized carbons (Fsp3) is 0.500. The number of amides is 1. The Balaban J connectivity index is 2.73. The highest BCUT2D eigenvalue weighted by atomic mass is 16.4. The second kappa shape index (κ2) is 8.35. The highest BCUT2D eigenvalue weighted by molar-refractivity contribution is 5.81. The van der Waals surface area contributed by atoms with Crippen molar-refractivity contribution >= 4 is 11.9 Å². The summed E-state index contributed by atoms with van der Waals surface area (Å²) < 4.78 is 0. The number of hydrogen-bond donors (Lipinski definition) is 1. The SMILES string of the molecule is CCC(CC)CC(=O)N(CC(=O)O)Cc1ccccc1. The van der Waals surface area contributed by atoms with Gasteiger partial charge >= 0.3 is 5.97 Å². The first-order chi connectivity index (χ1) is 9.56. The molecule has 1 aromatic carbocycles. The van der Waals surface area contributed by atoms with Gasteiger partial charge < -0.3 is 10.0 Å². The normalized spacial score (nSPS) is 10.6. The topological polar surface area (TPSA) is 57.6 Å². The van der Waals surface area contributed by atoms with Gasteiger partial charge in [-0.3, -0.25) is 9.59 Å². The monoisotopic (exact) mass is 277 g/mol. The average molecular weight is 277 g/mol. The summed E-state index contributed by atoms with van der Waals surface area (Å²) in [6, 6.07) is 9.48. The van der Waals surface area contributed by atoms with Crippen molar-refractivity contribution in [3.63, 3.8) is 0 Å². The first-order valence-electron chi connectivity index (χ1n) is 7.10. The average Bonchev–Trinajstić information content (AvgIpc) is 2.44. The Bertz CT molecular complexity index is 427. The van der Waals surface area contributed by atoms with Crippen LogP contribution < -0.4 is 0 Å². The van der Waals surface area contributed by atoms with E-state index in [0.29, 0.717) is 18.9 Å². The Hall–Kier alpha value is -1.84. The maximum atomic E-state index is 12.3. The van der Waals surface area contributed by atoms with E-state index in [0.717, 1.165) is 18.4 Å². The number of rotatable bonds is 8. The van der Waals surface area contributed by atoms with E-state index in [9.17, 15) is 9.59 Å². The molecule has 0 atom stereocenters. The van der Waals surface area contributed by atoms with Crippen molar-refractivity contribution in [2.24, 2.45) is 5.92 Å². The molecule has 1 rings (SSSR count). The highest BCUT2D eigenvalue weighted by Crippen LogP contribution is 2.15. The molecule has 0 saturated heterocycles. The van der Waals surface area contributed by atoms with Crippen LogP contribution in [0.5, 0.6) is 0 Å². The summed E-state index contributed by atoms with van der Waals surface area (Å²) in [5.74, 6) is -0.724. The molecule has 110 valence electrons. The van der Waals surface area contributed by atoms with E-state index in [1.54, 1.807) is 0 Å². The molecule has 0 aliphatic rings. The van der Waals surface area contributed by atoms with Crippen molar-refractivity contribution in [2.45, 2.75) is 39.7 Å².